The molecule has 1 amide bonds. The molecule has 1 unspecified atom stereocenters. The van der Waals surface area contributed by atoms with Gasteiger partial charge in [0.2, 0.25) is 5.78 Å². The highest BCUT2D eigenvalue weighted by Crippen LogP contribution is 2.41. The molecule has 186 valence electrons. The molecule has 0 saturated carbocycles. The second-order valence-corrected chi connectivity index (χ2v) is 8.67. The Morgan fingerprint density at radius 1 is 1.09 bits per heavy atom. The minimum absolute atomic E-state index is 0.0462. The number of benzene rings is 2. The molecule has 2 heterocycles. The first-order valence-corrected chi connectivity index (χ1v) is 12.1. The molecule has 2 aromatic rings. The van der Waals surface area contributed by atoms with Crippen LogP contribution in [0.5, 0.6) is 17.2 Å². The van der Waals surface area contributed by atoms with Crippen LogP contribution in [0.15, 0.2) is 48.0 Å². The number of methoxy groups -OCH3 is 1. The van der Waals surface area contributed by atoms with E-state index in [1.165, 1.54) is 9.80 Å². The van der Waals surface area contributed by atoms with Crippen molar-refractivity contribution < 1.29 is 33.8 Å². The third kappa shape index (κ3) is 4.98. The van der Waals surface area contributed by atoms with Crippen LogP contribution < -0.4 is 24.2 Å². The van der Waals surface area contributed by atoms with E-state index in [2.05, 4.69) is 13.8 Å². The number of hydrogen-bond donors (Lipinski definition) is 1. The first kappa shape index (κ1) is 24.6. The van der Waals surface area contributed by atoms with Gasteiger partial charge in [0.25, 0.3) is 5.91 Å². The van der Waals surface area contributed by atoms with Crippen LogP contribution in [0.2, 0.25) is 0 Å². The van der Waals surface area contributed by atoms with Gasteiger partial charge in [-0.2, -0.15) is 0 Å². The molecule has 2 aromatic carbocycles. The van der Waals surface area contributed by atoms with Crippen molar-refractivity contribution in [2.75, 3.05) is 46.5 Å². The van der Waals surface area contributed by atoms with Crippen LogP contribution in [0, 0.1) is 0 Å². The number of nitrogens with one attached hydrogen (secondary N) is 1. The molecule has 8 nitrogen and oxygen atoms in total. The van der Waals surface area contributed by atoms with Crippen LogP contribution in [0.25, 0.3) is 5.76 Å². The largest absolute Gasteiger partial charge is 0.872 e. The number of hydrogen-bond acceptors (Lipinski definition) is 6. The van der Waals surface area contributed by atoms with Gasteiger partial charge in [-0.05, 0) is 49.2 Å². The van der Waals surface area contributed by atoms with E-state index in [9.17, 15) is 14.7 Å². The maximum atomic E-state index is 13.7. The van der Waals surface area contributed by atoms with Crippen LogP contribution >= 0.6 is 0 Å². The highest BCUT2D eigenvalue weighted by atomic mass is 16.6. The molecular formula is C27H32N2O6. The predicted molar refractivity (Wildman–Crippen MR) is 128 cm³/mol. The zero-order valence-electron chi connectivity index (χ0n) is 20.5. The molecule has 0 spiro atoms. The van der Waals surface area contributed by atoms with Crippen LogP contribution in [-0.4, -0.2) is 63.1 Å². The molecular weight excluding hydrogens is 448 g/mol. The Bertz CT molecular complexity index is 1120. The molecule has 1 N–H and O–H groups in total. The lowest BCUT2D eigenvalue weighted by atomic mass is 9.95. The molecule has 1 saturated heterocycles. The third-order valence-electron chi connectivity index (χ3n) is 6.67. The summed E-state index contributed by atoms with van der Waals surface area (Å²) in [5.74, 6) is -0.285. The fourth-order valence-corrected chi connectivity index (χ4v) is 4.70. The first-order valence-electron chi connectivity index (χ1n) is 12.1. The fraction of sp³-hybridized carbons (Fsp3) is 0.407. The Morgan fingerprint density at radius 3 is 2.54 bits per heavy atom. The van der Waals surface area contributed by atoms with Crippen molar-refractivity contribution in [3.8, 4) is 17.2 Å². The molecule has 0 bridgehead atoms. The minimum Gasteiger partial charge on any atom is -0.872 e. The van der Waals surface area contributed by atoms with Gasteiger partial charge in [-0.15, -0.1) is 0 Å². The summed E-state index contributed by atoms with van der Waals surface area (Å²) in [7, 11) is 1.56. The van der Waals surface area contributed by atoms with Crippen molar-refractivity contribution in [2.24, 2.45) is 0 Å². The Kier molecular flexibility index (Phi) is 7.60. The van der Waals surface area contributed by atoms with Gasteiger partial charge in [0.1, 0.15) is 19.0 Å². The topological polar surface area (TPSA) is 92.6 Å². The lowest BCUT2D eigenvalue weighted by molar-refractivity contribution is -0.896. The molecule has 0 aliphatic carbocycles. The number of nitrogens with zero attached hydrogens (tertiary/aromatic N) is 1. The summed E-state index contributed by atoms with van der Waals surface area (Å²) in [6, 6.07) is 11.2. The van der Waals surface area contributed by atoms with E-state index >= 15 is 0 Å². The van der Waals surface area contributed by atoms with Gasteiger partial charge < -0.3 is 29.1 Å². The second-order valence-electron chi connectivity index (χ2n) is 8.67. The predicted octanol–water partition coefficient (Wildman–Crippen LogP) is 1.01. The average molecular weight is 481 g/mol. The Morgan fingerprint density at radius 2 is 1.83 bits per heavy atom. The Labute approximate surface area is 205 Å². The lowest BCUT2D eigenvalue weighted by Gasteiger charge is -2.28. The van der Waals surface area contributed by atoms with E-state index in [-0.39, 0.29) is 11.1 Å². The monoisotopic (exact) mass is 480 g/mol. The molecule has 1 fully saturated rings. The second kappa shape index (κ2) is 10.8. The average Bonchev–Trinajstić information content (AvgIpc) is 3.15. The van der Waals surface area contributed by atoms with E-state index < -0.39 is 23.5 Å². The molecule has 8 heteroatoms. The number of quaternary nitrogens is 1. The first-order chi connectivity index (χ1) is 17.0. The van der Waals surface area contributed by atoms with Gasteiger partial charge >= 0.3 is 0 Å². The SMILES string of the molecule is CC[NH+](CC)CCCN1C(=O)C(=O)/C(=C(/[O-])c2ccc3c(c2)OCCO3)C1c1cccc(OC)c1. The third-order valence-corrected chi connectivity index (χ3v) is 6.67. The molecule has 2 aliphatic rings. The number of fused-ring (bicyclic) bond motifs is 1. The number of carbonyl (C=O) groups is 2. The van der Waals surface area contributed by atoms with Gasteiger partial charge in [-0.25, -0.2) is 0 Å². The number of rotatable bonds is 9. The molecule has 4 rings (SSSR count). The smallest absolute Gasteiger partial charge is 0.295 e. The van der Waals surface area contributed by atoms with Gasteiger partial charge in [0.05, 0.1) is 32.8 Å². The lowest BCUT2D eigenvalue weighted by Crippen LogP contribution is -3.11. The van der Waals surface area contributed by atoms with Gasteiger partial charge in [0, 0.05) is 18.5 Å². The molecule has 0 aromatic heterocycles. The van der Waals surface area contributed by atoms with Crippen molar-refractivity contribution in [3.05, 3.63) is 59.2 Å². The quantitative estimate of drug-likeness (QED) is 0.327. The van der Waals surface area contributed by atoms with Crippen LogP contribution in [-0.2, 0) is 9.59 Å². The standard InChI is InChI=1S/C27H32N2O6/c1-4-28(5-2)12-7-13-29-24(18-8-6-9-20(16-18)33-3)23(26(31)27(29)32)25(30)19-10-11-21-22(17-19)35-15-14-34-21/h6,8-11,16-17,24,30H,4-5,7,12-15H2,1-3H3/b25-23+. The van der Waals surface area contributed by atoms with Crippen molar-refractivity contribution in [2.45, 2.75) is 26.3 Å². The summed E-state index contributed by atoms with van der Waals surface area (Å²) in [4.78, 5) is 29.3. The van der Waals surface area contributed by atoms with Crippen molar-refractivity contribution in [1.82, 2.24) is 4.90 Å². The summed E-state index contributed by atoms with van der Waals surface area (Å²) in [6.45, 7) is 8.31. The molecule has 2 aliphatic heterocycles. The van der Waals surface area contributed by atoms with Crippen molar-refractivity contribution in [1.29, 1.82) is 0 Å². The highest BCUT2D eigenvalue weighted by Gasteiger charge is 2.44. The number of likely N-dealkylation sites (tertiary alicyclic amines) is 1. The number of ketones is 1. The maximum Gasteiger partial charge on any atom is 0.295 e. The summed E-state index contributed by atoms with van der Waals surface area (Å²) in [6.07, 6.45) is 0.724. The van der Waals surface area contributed by atoms with Gasteiger partial charge in [-0.1, -0.05) is 24.0 Å². The zero-order chi connectivity index (χ0) is 24.9. The van der Waals surface area contributed by atoms with Gasteiger partial charge in [0.15, 0.2) is 11.5 Å². The summed E-state index contributed by atoms with van der Waals surface area (Å²) < 4.78 is 16.5. The number of amides is 1. The van der Waals surface area contributed by atoms with E-state index in [0.29, 0.717) is 42.6 Å². The summed E-state index contributed by atoms with van der Waals surface area (Å²) in [5.41, 5.74) is 0.905. The fourth-order valence-electron chi connectivity index (χ4n) is 4.70. The van der Waals surface area contributed by atoms with Gasteiger partial charge in [-0.3, -0.25) is 9.59 Å². The maximum absolute atomic E-state index is 13.7. The Hall–Kier alpha value is -3.52. The van der Waals surface area contributed by atoms with Crippen LogP contribution in [0.3, 0.4) is 0 Å². The molecule has 1 atom stereocenters. The van der Waals surface area contributed by atoms with Crippen LogP contribution in [0.4, 0.5) is 0 Å². The summed E-state index contributed by atoms with van der Waals surface area (Å²) in [5, 5.41) is 13.7. The van der Waals surface area contributed by atoms with Crippen molar-refractivity contribution in [3.63, 3.8) is 0 Å². The number of ether oxygens (including phenoxy) is 3. The van der Waals surface area contributed by atoms with E-state index in [1.807, 2.05) is 6.07 Å². The minimum atomic E-state index is -0.780. The normalized spacial score (nSPS) is 18.9. The highest BCUT2D eigenvalue weighted by molar-refractivity contribution is 6.46. The van der Waals surface area contributed by atoms with Crippen LogP contribution in [0.1, 0.15) is 37.4 Å². The van der Waals surface area contributed by atoms with E-state index in [1.54, 1.807) is 43.5 Å². The van der Waals surface area contributed by atoms with E-state index in [0.717, 1.165) is 26.1 Å². The number of carbonyl (C=O) groups excluding carboxylic acids is 2. The zero-order valence-corrected chi connectivity index (χ0v) is 20.5. The van der Waals surface area contributed by atoms with Crippen molar-refractivity contribution >= 4 is 17.4 Å². The molecule has 0 radical (unpaired) electrons. The molecule has 35 heavy (non-hydrogen) atoms. The van der Waals surface area contributed by atoms with E-state index in [4.69, 9.17) is 14.2 Å². The Balaban J connectivity index is 1.75. The summed E-state index contributed by atoms with van der Waals surface area (Å²) >= 11 is 0. The number of Topliss-reactive ketones (excluding diaryl/α,β-unsaturated/α-hetero) is 1.